The van der Waals surface area contributed by atoms with E-state index in [-0.39, 0.29) is 12.4 Å². The summed E-state index contributed by atoms with van der Waals surface area (Å²) in [6.07, 6.45) is 0.750. The summed E-state index contributed by atoms with van der Waals surface area (Å²) in [5.41, 5.74) is 9.74. The van der Waals surface area contributed by atoms with Crippen molar-refractivity contribution in [2.45, 2.75) is 19.9 Å². The fraction of sp³-hybridized carbons (Fsp3) is 0.263. The van der Waals surface area contributed by atoms with Crippen LogP contribution in [0.15, 0.2) is 36.4 Å². The van der Waals surface area contributed by atoms with E-state index in [1.807, 2.05) is 25.1 Å². The molecule has 0 radical (unpaired) electrons. The van der Waals surface area contributed by atoms with Gasteiger partial charge in [-0.05, 0) is 61.3 Å². The van der Waals surface area contributed by atoms with E-state index >= 15 is 0 Å². The zero-order valence-corrected chi connectivity index (χ0v) is 15.0. The van der Waals surface area contributed by atoms with Crippen molar-refractivity contribution in [3.8, 4) is 5.75 Å². The molecule has 2 aromatic carbocycles. The first kappa shape index (κ1) is 19.2. The van der Waals surface area contributed by atoms with Gasteiger partial charge in [0.15, 0.2) is 11.6 Å². The number of fused-ring (bicyclic) bond motifs is 1. The molecular weight excluding hydrogens is 346 g/mol. The number of ether oxygens (including phenoxy) is 1. The van der Waals surface area contributed by atoms with Gasteiger partial charge in [-0.3, -0.25) is 0 Å². The standard InChI is InChI=1S/C19H20F2N2O.ClH/c1-12-15(7-8-22)16-10-14(24-2)4-6-19(16)23(12)11-13-3-5-17(20)18(21)9-13;/h3-6,9-10H,7-8,11,22H2,1-2H3;1H. The van der Waals surface area contributed by atoms with E-state index < -0.39 is 11.6 Å². The van der Waals surface area contributed by atoms with Gasteiger partial charge in [0.1, 0.15) is 5.75 Å². The van der Waals surface area contributed by atoms with Crippen molar-refractivity contribution in [3.63, 3.8) is 0 Å². The molecule has 1 aromatic heterocycles. The minimum atomic E-state index is -0.832. The fourth-order valence-electron chi connectivity index (χ4n) is 3.14. The van der Waals surface area contributed by atoms with Crippen LogP contribution in [0.2, 0.25) is 0 Å². The summed E-state index contributed by atoms with van der Waals surface area (Å²) in [5, 5.41) is 1.08. The molecule has 1 heterocycles. The predicted octanol–water partition coefficient (Wildman–Crippen LogP) is 4.21. The summed E-state index contributed by atoms with van der Waals surface area (Å²) in [6.45, 7) is 3.04. The van der Waals surface area contributed by atoms with Crippen molar-refractivity contribution < 1.29 is 13.5 Å². The topological polar surface area (TPSA) is 40.2 Å². The van der Waals surface area contributed by atoms with Gasteiger partial charge in [0.2, 0.25) is 0 Å². The van der Waals surface area contributed by atoms with Gasteiger partial charge in [0.25, 0.3) is 0 Å². The summed E-state index contributed by atoms with van der Waals surface area (Å²) >= 11 is 0. The molecule has 3 rings (SSSR count). The monoisotopic (exact) mass is 366 g/mol. The number of rotatable bonds is 5. The number of hydrogen-bond donors (Lipinski definition) is 1. The SMILES string of the molecule is COc1ccc2c(c1)c(CCN)c(C)n2Cc1ccc(F)c(F)c1.Cl. The Morgan fingerprint density at radius 3 is 2.48 bits per heavy atom. The van der Waals surface area contributed by atoms with Gasteiger partial charge in [-0.1, -0.05) is 6.07 Å². The number of nitrogens with zero attached hydrogens (tertiary/aromatic N) is 1. The zero-order chi connectivity index (χ0) is 17.3. The molecule has 0 amide bonds. The Bertz CT molecular complexity index is 893. The quantitative estimate of drug-likeness (QED) is 0.734. The van der Waals surface area contributed by atoms with Crippen LogP contribution in [0.3, 0.4) is 0 Å². The van der Waals surface area contributed by atoms with Gasteiger partial charge in [-0.15, -0.1) is 12.4 Å². The largest absolute Gasteiger partial charge is 0.497 e. The van der Waals surface area contributed by atoms with Crippen LogP contribution in [0, 0.1) is 18.6 Å². The van der Waals surface area contributed by atoms with E-state index in [2.05, 4.69) is 4.57 Å². The highest BCUT2D eigenvalue weighted by Crippen LogP contribution is 2.30. The predicted molar refractivity (Wildman–Crippen MR) is 98.7 cm³/mol. The Balaban J connectivity index is 0.00000225. The summed E-state index contributed by atoms with van der Waals surface area (Å²) < 4.78 is 34.1. The van der Waals surface area contributed by atoms with Crippen LogP contribution in [0.5, 0.6) is 5.75 Å². The van der Waals surface area contributed by atoms with Gasteiger partial charge >= 0.3 is 0 Å². The van der Waals surface area contributed by atoms with E-state index in [1.54, 1.807) is 13.2 Å². The molecule has 0 atom stereocenters. The van der Waals surface area contributed by atoms with E-state index in [4.69, 9.17) is 10.5 Å². The van der Waals surface area contributed by atoms with E-state index in [9.17, 15) is 8.78 Å². The highest BCUT2D eigenvalue weighted by Gasteiger charge is 2.15. The number of hydrogen-bond acceptors (Lipinski definition) is 2. The Morgan fingerprint density at radius 2 is 1.84 bits per heavy atom. The molecule has 3 nitrogen and oxygen atoms in total. The molecule has 25 heavy (non-hydrogen) atoms. The average molecular weight is 367 g/mol. The lowest BCUT2D eigenvalue weighted by molar-refractivity contribution is 0.415. The Hall–Kier alpha value is -2.11. The first-order valence-corrected chi connectivity index (χ1v) is 7.85. The number of halogens is 3. The molecule has 0 unspecified atom stereocenters. The van der Waals surface area contributed by atoms with Crippen molar-refractivity contribution in [1.82, 2.24) is 4.57 Å². The van der Waals surface area contributed by atoms with E-state index in [0.29, 0.717) is 18.7 Å². The summed E-state index contributed by atoms with van der Waals surface area (Å²) in [4.78, 5) is 0. The Kier molecular flexibility index (Phi) is 6.03. The molecule has 0 bridgehead atoms. The van der Waals surface area contributed by atoms with Crippen molar-refractivity contribution >= 4 is 23.3 Å². The highest BCUT2D eigenvalue weighted by atomic mass is 35.5. The minimum absolute atomic E-state index is 0. The fourth-order valence-corrected chi connectivity index (χ4v) is 3.14. The first-order chi connectivity index (χ1) is 11.5. The molecule has 0 aliphatic heterocycles. The summed E-state index contributed by atoms with van der Waals surface area (Å²) in [6, 6.07) is 9.89. The second-order valence-electron chi connectivity index (χ2n) is 5.82. The van der Waals surface area contributed by atoms with Gasteiger partial charge in [-0.2, -0.15) is 0 Å². The second-order valence-corrected chi connectivity index (χ2v) is 5.82. The summed E-state index contributed by atoms with van der Waals surface area (Å²) in [7, 11) is 1.63. The van der Waals surface area contributed by atoms with Gasteiger partial charge in [0.05, 0.1) is 7.11 Å². The molecule has 6 heteroatoms. The second kappa shape index (κ2) is 7.85. The minimum Gasteiger partial charge on any atom is -0.497 e. The molecular formula is C19H21ClF2N2O. The lowest BCUT2D eigenvalue weighted by Crippen LogP contribution is -2.06. The molecule has 2 N–H and O–H groups in total. The molecule has 3 aromatic rings. The average Bonchev–Trinajstić information content (AvgIpc) is 2.83. The number of nitrogens with two attached hydrogens (primary N) is 1. The molecule has 0 saturated carbocycles. The van der Waals surface area contributed by atoms with Crippen LogP contribution < -0.4 is 10.5 Å². The van der Waals surface area contributed by atoms with Gasteiger partial charge in [0, 0.05) is 23.1 Å². The molecule has 0 saturated heterocycles. The number of aromatic nitrogens is 1. The van der Waals surface area contributed by atoms with Crippen LogP contribution in [0.25, 0.3) is 10.9 Å². The molecule has 0 spiro atoms. The lowest BCUT2D eigenvalue weighted by atomic mass is 10.1. The van der Waals surface area contributed by atoms with Gasteiger partial charge in [-0.25, -0.2) is 8.78 Å². The molecule has 0 aliphatic rings. The number of methoxy groups -OCH3 is 1. The highest BCUT2D eigenvalue weighted by molar-refractivity contribution is 5.87. The van der Waals surface area contributed by atoms with Crippen molar-refractivity contribution in [2.75, 3.05) is 13.7 Å². The van der Waals surface area contributed by atoms with Gasteiger partial charge < -0.3 is 15.0 Å². The van der Waals surface area contributed by atoms with E-state index in [1.165, 1.54) is 6.07 Å². The zero-order valence-electron chi connectivity index (χ0n) is 14.2. The van der Waals surface area contributed by atoms with Crippen LogP contribution in [-0.4, -0.2) is 18.2 Å². The lowest BCUT2D eigenvalue weighted by Gasteiger charge is -2.10. The van der Waals surface area contributed by atoms with Crippen LogP contribution in [-0.2, 0) is 13.0 Å². The van der Waals surface area contributed by atoms with Crippen molar-refractivity contribution in [3.05, 3.63) is 64.9 Å². The van der Waals surface area contributed by atoms with Crippen LogP contribution >= 0.6 is 12.4 Å². The first-order valence-electron chi connectivity index (χ1n) is 7.85. The summed E-state index contributed by atoms with van der Waals surface area (Å²) in [5.74, 6) is -0.877. The third kappa shape index (κ3) is 3.62. The number of benzene rings is 2. The maximum Gasteiger partial charge on any atom is 0.159 e. The molecule has 0 fully saturated rings. The maximum absolute atomic E-state index is 13.5. The Labute approximate surface area is 151 Å². The normalized spacial score (nSPS) is 10.8. The third-order valence-corrected chi connectivity index (χ3v) is 4.38. The van der Waals surface area contributed by atoms with Crippen LogP contribution in [0.4, 0.5) is 8.78 Å². The maximum atomic E-state index is 13.5. The van der Waals surface area contributed by atoms with E-state index in [0.717, 1.165) is 40.4 Å². The molecule has 134 valence electrons. The Morgan fingerprint density at radius 1 is 1.08 bits per heavy atom. The smallest absolute Gasteiger partial charge is 0.159 e. The van der Waals surface area contributed by atoms with Crippen molar-refractivity contribution in [2.24, 2.45) is 5.73 Å². The van der Waals surface area contributed by atoms with Crippen molar-refractivity contribution in [1.29, 1.82) is 0 Å². The van der Waals surface area contributed by atoms with Crippen LogP contribution in [0.1, 0.15) is 16.8 Å². The third-order valence-electron chi connectivity index (χ3n) is 4.38. The molecule has 0 aliphatic carbocycles.